The van der Waals surface area contributed by atoms with Crippen molar-refractivity contribution in [3.05, 3.63) is 41.5 Å². The molecule has 0 bridgehead atoms. The molecule has 1 aliphatic carbocycles. The first-order chi connectivity index (χ1) is 11.0. The van der Waals surface area contributed by atoms with Crippen LogP contribution in [0, 0.1) is 11.8 Å². The quantitative estimate of drug-likeness (QED) is 0.660. The molecule has 1 aromatic rings. The molecule has 2 aliphatic rings. The summed E-state index contributed by atoms with van der Waals surface area (Å²) in [6.45, 7) is 4.37. The maximum absolute atomic E-state index is 12.1. The number of carbonyl (C=O) groups excluding carboxylic acids is 1. The molecule has 3 rings (SSSR count). The summed E-state index contributed by atoms with van der Waals surface area (Å²) in [5, 5.41) is 12.5. The Morgan fingerprint density at radius 3 is 2.87 bits per heavy atom. The van der Waals surface area contributed by atoms with Crippen LogP contribution in [0.4, 0.5) is 5.69 Å². The monoisotopic (exact) mass is 315 g/mol. The molecule has 2 N–H and O–H groups in total. The van der Waals surface area contributed by atoms with Crippen LogP contribution in [-0.4, -0.2) is 29.7 Å². The number of hydrogen-bond donors (Lipinski definition) is 2. The molecule has 1 aromatic carbocycles. The highest BCUT2D eigenvalue weighted by atomic mass is 16.5. The van der Waals surface area contributed by atoms with Crippen LogP contribution in [0.15, 0.2) is 30.4 Å². The number of rotatable bonds is 4. The number of hydrogen-bond acceptors (Lipinski definition) is 4. The Kier molecular flexibility index (Phi) is 4.11. The molecule has 1 aliphatic heterocycles. The number of anilines is 1. The molecule has 0 saturated heterocycles. The van der Waals surface area contributed by atoms with Gasteiger partial charge in [0.25, 0.3) is 0 Å². The van der Waals surface area contributed by atoms with Gasteiger partial charge in [0.15, 0.2) is 0 Å². The minimum absolute atomic E-state index is 0.0121. The van der Waals surface area contributed by atoms with Gasteiger partial charge in [-0.1, -0.05) is 26.0 Å². The van der Waals surface area contributed by atoms with Crippen LogP contribution in [0.1, 0.15) is 42.1 Å². The number of allylic oxidation sites excluding steroid dienone is 2. The highest BCUT2D eigenvalue weighted by Crippen LogP contribution is 2.44. The Hall–Kier alpha value is -2.30. The first kappa shape index (κ1) is 15.6. The molecule has 0 unspecified atom stereocenters. The fraction of sp³-hybridized carbons (Fsp3) is 0.444. The summed E-state index contributed by atoms with van der Waals surface area (Å²) in [5.41, 5.74) is 2.27. The number of ether oxygens (including phenoxy) is 1. The lowest BCUT2D eigenvalue weighted by molar-refractivity contribution is -0.139. The Labute approximate surface area is 135 Å². The Morgan fingerprint density at radius 2 is 2.17 bits per heavy atom. The lowest BCUT2D eigenvalue weighted by Gasteiger charge is -2.34. The number of esters is 1. The second-order valence-electron chi connectivity index (χ2n) is 6.61. The molecule has 5 nitrogen and oxygen atoms in total. The van der Waals surface area contributed by atoms with Gasteiger partial charge >= 0.3 is 11.9 Å². The number of carboxylic acid groups (broad SMARTS) is 1. The van der Waals surface area contributed by atoms with E-state index in [4.69, 9.17) is 4.74 Å². The number of carbonyl (C=O) groups is 2. The van der Waals surface area contributed by atoms with Crippen molar-refractivity contribution in [2.45, 2.75) is 32.2 Å². The van der Waals surface area contributed by atoms with Gasteiger partial charge in [-0.2, -0.15) is 0 Å². The maximum atomic E-state index is 12.1. The molecule has 23 heavy (non-hydrogen) atoms. The van der Waals surface area contributed by atoms with Crippen molar-refractivity contribution in [1.29, 1.82) is 0 Å². The van der Waals surface area contributed by atoms with Crippen LogP contribution in [0.5, 0.6) is 0 Å². The van der Waals surface area contributed by atoms with Gasteiger partial charge in [0.05, 0.1) is 12.2 Å². The minimum atomic E-state index is -0.838. The molecule has 5 heteroatoms. The van der Waals surface area contributed by atoms with E-state index < -0.39 is 12.0 Å². The average molecular weight is 315 g/mol. The van der Waals surface area contributed by atoms with Crippen molar-refractivity contribution in [2.24, 2.45) is 11.8 Å². The summed E-state index contributed by atoms with van der Waals surface area (Å²) < 4.78 is 5.28. The molecule has 0 fully saturated rings. The fourth-order valence-corrected chi connectivity index (χ4v) is 3.29. The number of carboxylic acids is 1. The Bertz CT molecular complexity index is 665. The van der Waals surface area contributed by atoms with Crippen molar-refractivity contribution in [1.82, 2.24) is 0 Å². The van der Waals surface area contributed by atoms with Gasteiger partial charge < -0.3 is 15.2 Å². The van der Waals surface area contributed by atoms with E-state index in [-0.39, 0.29) is 23.7 Å². The molecular formula is C18H21NO4. The van der Waals surface area contributed by atoms with E-state index in [1.165, 1.54) is 0 Å². The van der Waals surface area contributed by atoms with E-state index >= 15 is 0 Å². The predicted molar refractivity (Wildman–Crippen MR) is 86.6 cm³/mol. The molecule has 1 heterocycles. The van der Waals surface area contributed by atoms with Crippen LogP contribution in [0.2, 0.25) is 0 Å². The fourth-order valence-electron chi connectivity index (χ4n) is 3.29. The highest BCUT2D eigenvalue weighted by molar-refractivity contribution is 5.91. The SMILES string of the molecule is CC(C)COC(=O)c1ccc2c(c1)[C@H]1C=CC[C@H]1[C@H](C(=O)O)N2. The first-order valence-corrected chi connectivity index (χ1v) is 7.94. The summed E-state index contributed by atoms with van der Waals surface area (Å²) in [6, 6.07) is 4.70. The lowest BCUT2D eigenvalue weighted by atomic mass is 9.79. The molecule has 0 amide bonds. The van der Waals surface area contributed by atoms with Crippen molar-refractivity contribution in [2.75, 3.05) is 11.9 Å². The van der Waals surface area contributed by atoms with E-state index in [1.54, 1.807) is 12.1 Å². The van der Waals surface area contributed by atoms with Crippen molar-refractivity contribution < 1.29 is 19.4 Å². The Balaban J connectivity index is 1.88. The van der Waals surface area contributed by atoms with Crippen molar-refractivity contribution >= 4 is 17.6 Å². The zero-order valence-corrected chi connectivity index (χ0v) is 13.3. The van der Waals surface area contributed by atoms with E-state index in [0.717, 1.165) is 17.7 Å². The Morgan fingerprint density at radius 1 is 1.39 bits per heavy atom. The number of benzene rings is 1. The molecule has 0 saturated carbocycles. The van der Waals surface area contributed by atoms with Crippen LogP contribution in [-0.2, 0) is 9.53 Å². The van der Waals surface area contributed by atoms with E-state index in [9.17, 15) is 14.7 Å². The minimum Gasteiger partial charge on any atom is -0.480 e. The zero-order chi connectivity index (χ0) is 16.6. The van der Waals surface area contributed by atoms with Crippen molar-refractivity contribution in [3.63, 3.8) is 0 Å². The molecule has 0 aromatic heterocycles. The summed E-state index contributed by atoms with van der Waals surface area (Å²) in [7, 11) is 0. The predicted octanol–water partition coefficient (Wildman–Crippen LogP) is 3.04. The van der Waals surface area contributed by atoms with E-state index in [2.05, 4.69) is 5.32 Å². The van der Waals surface area contributed by atoms with Gasteiger partial charge in [-0.3, -0.25) is 0 Å². The van der Waals surface area contributed by atoms with Crippen molar-refractivity contribution in [3.8, 4) is 0 Å². The second-order valence-corrected chi connectivity index (χ2v) is 6.61. The number of aliphatic carboxylic acids is 1. The van der Waals surface area contributed by atoms with E-state index in [0.29, 0.717) is 12.2 Å². The normalized spacial score (nSPS) is 24.7. The molecule has 122 valence electrons. The lowest BCUT2D eigenvalue weighted by Crippen LogP contribution is -2.41. The molecule has 0 spiro atoms. The third-order valence-electron chi connectivity index (χ3n) is 4.41. The van der Waals surface area contributed by atoms with Gasteiger partial charge in [0.1, 0.15) is 6.04 Å². The van der Waals surface area contributed by atoms with Gasteiger partial charge in [-0.05, 0) is 36.1 Å². The number of nitrogens with one attached hydrogen (secondary N) is 1. The maximum Gasteiger partial charge on any atom is 0.338 e. The van der Waals surface area contributed by atoms with Crippen LogP contribution < -0.4 is 5.32 Å². The van der Waals surface area contributed by atoms with Gasteiger partial charge in [0, 0.05) is 17.5 Å². The standard InChI is InChI=1S/C18H21NO4/c1-10(2)9-23-18(22)11-6-7-15-14(8-11)12-4-3-5-13(12)16(19-15)17(20)21/h3-4,6-8,10,12-13,16,19H,5,9H2,1-2H3,(H,20,21)/t12-,13+,16+/m0/s1. The smallest absolute Gasteiger partial charge is 0.338 e. The third kappa shape index (κ3) is 2.96. The second kappa shape index (κ2) is 6.07. The first-order valence-electron chi connectivity index (χ1n) is 7.94. The van der Waals surface area contributed by atoms with Crippen LogP contribution >= 0.6 is 0 Å². The summed E-state index contributed by atoms with van der Waals surface area (Å²) in [5.74, 6) is -0.862. The van der Waals surface area contributed by atoms with E-state index in [1.807, 2.05) is 32.1 Å². The third-order valence-corrected chi connectivity index (χ3v) is 4.41. The summed E-state index contributed by atoms with van der Waals surface area (Å²) >= 11 is 0. The van der Waals surface area contributed by atoms with Crippen LogP contribution in [0.3, 0.4) is 0 Å². The van der Waals surface area contributed by atoms with Gasteiger partial charge in [0.2, 0.25) is 0 Å². The summed E-state index contributed by atoms with van der Waals surface area (Å²) in [4.78, 5) is 23.6. The van der Waals surface area contributed by atoms with Crippen LogP contribution in [0.25, 0.3) is 0 Å². The highest BCUT2D eigenvalue weighted by Gasteiger charge is 2.40. The topological polar surface area (TPSA) is 75.6 Å². The molecule has 0 radical (unpaired) electrons. The van der Waals surface area contributed by atoms with Gasteiger partial charge in [-0.15, -0.1) is 0 Å². The summed E-state index contributed by atoms with van der Waals surface area (Å²) in [6.07, 6.45) is 4.80. The van der Waals surface area contributed by atoms with Gasteiger partial charge in [-0.25, -0.2) is 9.59 Å². The number of fused-ring (bicyclic) bond motifs is 3. The molecule has 3 atom stereocenters. The average Bonchev–Trinajstić information content (AvgIpc) is 3.00. The molecular weight excluding hydrogens is 294 g/mol. The zero-order valence-electron chi connectivity index (χ0n) is 13.3. The largest absolute Gasteiger partial charge is 0.480 e.